The molecule has 0 bridgehead atoms. The van der Waals surface area contributed by atoms with E-state index in [1.165, 1.54) is 0 Å². The molecule has 0 radical (unpaired) electrons. The summed E-state index contributed by atoms with van der Waals surface area (Å²) in [6, 6.07) is 1.75. The standard InChI is InChI=1S/C15H17FN4O2.C2H6/c1-3-10-13-11(8-9(2)17-10)18-15(16)19-14(13)20-5-4-12(21)22-7-6-20;1-2/h8H,3-7H2,1-2H3;1-2H3. The van der Waals surface area contributed by atoms with Gasteiger partial charge >= 0.3 is 12.0 Å². The number of ether oxygens (including phenoxy) is 1. The molecule has 0 N–H and O–H groups in total. The van der Waals surface area contributed by atoms with Gasteiger partial charge in [0.1, 0.15) is 12.4 Å². The summed E-state index contributed by atoms with van der Waals surface area (Å²) < 4.78 is 18.9. The normalized spacial score (nSPS) is 14.7. The number of pyridine rings is 1. The zero-order valence-corrected chi connectivity index (χ0v) is 14.6. The number of hydrogen-bond acceptors (Lipinski definition) is 6. The average molecular weight is 334 g/mol. The van der Waals surface area contributed by atoms with Crippen LogP contribution in [0.15, 0.2) is 6.07 Å². The van der Waals surface area contributed by atoms with E-state index in [9.17, 15) is 9.18 Å². The smallest absolute Gasteiger partial charge is 0.311 e. The summed E-state index contributed by atoms with van der Waals surface area (Å²) >= 11 is 0. The van der Waals surface area contributed by atoms with Crippen LogP contribution in [0.3, 0.4) is 0 Å². The first kappa shape index (κ1) is 18.0. The molecule has 1 saturated heterocycles. The molecule has 0 unspecified atom stereocenters. The number of nitrogens with zero attached hydrogens (tertiary/aromatic N) is 4. The van der Waals surface area contributed by atoms with Crippen molar-refractivity contribution in [3.05, 3.63) is 23.5 Å². The van der Waals surface area contributed by atoms with Gasteiger partial charge in [-0.1, -0.05) is 20.8 Å². The number of hydrogen-bond donors (Lipinski definition) is 0. The molecule has 3 heterocycles. The van der Waals surface area contributed by atoms with E-state index in [2.05, 4.69) is 15.0 Å². The summed E-state index contributed by atoms with van der Waals surface area (Å²) in [6.45, 7) is 9.04. The van der Waals surface area contributed by atoms with Gasteiger partial charge in [-0.05, 0) is 19.4 Å². The third-order valence-corrected chi connectivity index (χ3v) is 3.68. The number of rotatable bonds is 2. The van der Waals surface area contributed by atoms with E-state index < -0.39 is 6.08 Å². The summed E-state index contributed by atoms with van der Waals surface area (Å²) in [4.78, 5) is 25.6. The maximum absolute atomic E-state index is 13.8. The van der Waals surface area contributed by atoms with Crippen molar-refractivity contribution in [3.8, 4) is 0 Å². The summed E-state index contributed by atoms with van der Waals surface area (Å²) in [5.74, 6) is 0.246. The van der Waals surface area contributed by atoms with Crippen LogP contribution in [0.4, 0.5) is 10.2 Å². The van der Waals surface area contributed by atoms with E-state index in [0.29, 0.717) is 30.8 Å². The Labute approximate surface area is 141 Å². The fourth-order valence-electron chi connectivity index (χ4n) is 2.69. The zero-order valence-electron chi connectivity index (χ0n) is 14.6. The van der Waals surface area contributed by atoms with Gasteiger partial charge in [0.05, 0.1) is 29.6 Å². The molecule has 2 aromatic heterocycles. The fourth-order valence-corrected chi connectivity index (χ4v) is 2.69. The van der Waals surface area contributed by atoms with Crippen molar-refractivity contribution in [1.82, 2.24) is 15.0 Å². The molecule has 0 amide bonds. The van der Waals surface area contributed by atoms with Crippen LogP contribution in [0.25, 0.3) is 10.9 Å². The lowest BCUT2D eigenvalue weighted by Gasteiger charge is -2.22. The number of aryl methyl sites for hydroxylation is 2. The lowest BCUT2D eigenvalue weighted by atomic mass is 10.1. The van der Waals surface area contributed by atoms with Crippen molar-refractivity contribution in [2.75, 3.05) is 24.6 Å². The van der Waals surface area contributed by atoms with Crippen LogP contribution in [0, 0.1) is 13.0 Å². The molecule has 24 heavy (non-hydrogen) atoms. The fraction of sp³-hybridized carbons (Fsp3) is 0.529. The minimum atomic E-state index is -0.772. The second-order valence-electron chi connectivity index (χ2n) is 5.23. The van der Waals surface area contributed by atoms with Crippen molar-refractivity contribution in [2.24, 2.45) is 0 Å². The van der Waals surface area contributed by atoms with Crippen molar-refractivity contribution in [2.45, 2.75) is 40.5 Å². The SMILES string of the molecule is CC.CCc1nc(C)cc2nc(F)nc(N3CCOC(=O)CC3)c12. The monoisotopic (exact) mass is 334 g/mol. The van der Waals surface area contributed by atoms with Gasteiger partial charge < -0.3 is 9.64 Å². The minimum Gasteiger partial charge on any atom is -0.464 e. The van der Waals surface area contributed by atoms with Gasteiger partial charge in [0.15, 0.2) is 0 Å². The highest BCUT2D eigenvalue weighted by atomic mass is 19.1. The Morgan fingerprint density at radius 1 is 1.25 bits per heavy atom. The number of aromatic nitrogens is 3. The quantitative estimate of drug-likeness (QED) is 0.621. The molecule has 0 spiro atoms. The van der Waals surface area contributed by atoms with E-state index in [0.717, 1.165) is 16.8 Å². The first-order chi connectivity index (χ1) is 11.6. The highest BCUT2D eigenvalue weighted by Crippen LogP contribution is 2.28. The molecule has 1 aliphatic rings. The van der Waals surface area contributed by atoms with Crippen molar-refractivity contribution in [3.63, 3.8) is 0 Å². The van der Waals surface area contributed by atoms with Gasteiger partial charge in [-0.25, -0.2) is 4.98 Å². The molecule has 0 atom stereocenters. The molecule has 0 aliphatic carbocycles. The molecule has 2 aromatic rings. The number of carbonyl (C=O) groups is 1. The number of fused-ring (bicyclic) bond motifs is 1. The van der Waals surface area contributed by atoms with Gasteiger partial charge in [-0.15, -0.1) is 0 Å². The average Bonchev–Trinajstić information content (AvgIpc) is 2.79. The molecule has 1 fully saturated rings. The Morgan fingerprint density at radius 3 is 2.71 bits per heavy atom. The Kier molecular flexibility index (Phi) is 6.00. The van der Waals surface area contributed by atoms with Crippen LogP contribution in [0.1, 0.15) is 38.6 Å². The number of anilines is 1. The third kappa shape index (κ3) is 3.77. The van der Waals surface area contributed by atoms with E-state index in [4.69, 9.17) is 4.74 Å². The largest absolute Gasteiger partial charge is 0.464 e. The van der Waals surface area contributed by atoms with Crippen LogP contribution in [0.2, 0.25) is 0 Å². The minimum absolute atomic E-state index is 0.244. The van der Waals surface area contributed by atoms with Gasteiger partial charge in [-0.3, -0.25) is 9.78 Å². The molecule has 3 rings (SSSR count). The predicted molar refractivity (Wildman–Crippen MR) is 90.5 cm³/mol. The highest BCUT2D eigenvalue weighted by molar-refractivity contribution is 5.92. The molecule has 6 nitrogen and oxygen atoms in total. The Morgan fingerprint density at radius 2 is 2.00 bits per heavy atom. The lowest BCUT2D eigenvalue weighted by molar-refractivity contribution is -0.142. The Balaban J connectivity index is 0.00000100. The molecular formula is C17H23FN4O2. The summed E-state index contributed by atoms with van der Waals surface area (Å²) in [7, 11) is 0. The highest BCUT2D eigenvalue weighted by Gasteiger charge is 2.21. The maximum atomic E-state index is 13.8. The number of cyclic esters (lactones) is 1. The first-order valence-electron chi connectivity index (χ1n) is 8.33. The molecule has 1 aliphatic heterocycles. The molecule has 7 heteroatoms. The summed E-state index contributed by atoms with van der Waals surface area (Å²) in [5.41, 5.74) is 2.17. The second-order valence-corrected chi connectivity index (χ2v) is 5.23. The number of halogens is 1. The van der Waals surface area contributed by atoms with Crippen molar-refractivity contribution in [1.29, 1.82) is 0 Å². The van der Waals surface area contributed by atoms with Crippen molar-refractivity contribution >= 4 is 22.7 Å². The van der Waals surface area contributed by atoms with Gasteiger partial charge in [0, 0.05) is 12.2 Å². The second kappa shape index (κ2) is 7.99. The van der Waals surface area contributed by atoms with E-state index in [-0.39, 0.29) is 19.0 Å². The predicted octanol–water partition coefficient (Wildman–Crippen LogP) is 2.81. The van der Waals surface area contributed by atoms with Gasteiger partial charge in [0.2, 0.25) is 0 Å². The van der Waals surface area contributed by atoms with Gasteiger partial charge in [-0.2, -0.15) is 9.37 Å². The van der Waals surface area contributed by atoms with Crippen LogP contribution >= 0.6 is 0 Å². The summed E-state index contributed by atoms with van der Waals surface area (Å²) in [5, 5.41) is 0.754. The number of esters is 1. The summed E-state index contributed by atoms with van der Waals surface area (Å²) in [6.07, 6.45) is 0.184. The Bertz CT molecular complexity index is 731. The molecular weight excluding hydrogens is 311 g/mol. The van der Waals surface area contributed by atoms with Crippen LogP contribution < -0.4 is 4.90 Å². The Hall–Kier alpha value is -2.31. The topological polar surface area (TPSA) is 68.2 Å². The molecule has 130 valence electrons. The van der Waals surface area contributed by atoms with Gasteiger partial charge in [0.25, 0.3) is 0 Å². The maximum Gasteiger partial charge on any atom is 0.311 e. The first-order valence-corrected chi connectivity index (χ1v) is 8.33. The van der Waals surface area contributed by atoms with E-state index >= 15 is 0 Å². The molecule has 0 saturated carbocycles. The zero-order chi connectivity index (χ0) is 17.7. The van der Waals surface area contributed by atoms with Crippen LogP contribution in [-0.4, -0.2) is 40.6 Å². The lowest BCUT2D eigenvalue weighted by Crippen LogP contribution is -2.28. The number of carbonyl (C=O) groups excluding carboxylic acids is 1. The van der Waals surface area contributed by atoms with Crippen molar-refractivity contribution < 1.29 is 13.9 Å². The van der Waals surface area contributed by atoms with E-state index in [1.807, 2.05) is 32.6 Å². The third-order valence-electron chi connectivity index (χ3n) is 3.68. The van der Waals surface area contributed by atoms with Crippen LogP contribution in [-0.2, 0) is 16.0 Å². The van der Waals surface area contributed by atoms with Crippen LogP contribution in [0.5, 0.6) is 0 Å². The van der Waals surface area contributed by atoms with E-state index in [1.54, 1.807) is 6.07 Å². The molecule has 0 aromatic carbocycles.